The molecule has 0 bridgehead atoms. The van der Waals surface area contributed by atoms with Crippen molar-refractivity contribution < 1.29 is 8.78 Å². The molecule has 1 aliphatic carbocycles. The lowest BCUT2D eigenvalue weighted by Gasteiger charge is -2.32. The Kier molecular flexibility index (Phi) is 5.89. The van der Waals surface area contributed by atoms with Gasteiger partial charge in [0.15, 0.2) is 0 Å². The minimum absolute atomic E-state index is 0.165. The summed E-state index contributed by atoms with van der Waals surface area (Å²) in [6, 6.07) is 17.9. The Labute approximate surface area is 198 Å². The fraction of sp³-hybridized carbons (Fsp3) is 0.250. The third-order valence-corrected chi connectivity index (χ3v) is 6.35. The van der Waals surface area contributed by atoms with Crippen LogP contribution in [0.15, 0.2) is 66.4 Å². The zero-order valence-electron chi connectivity index (χ0n) is 19.0. The van der Waals surface area contributed by atoms with Crippen LogP contribution in [0.3, 0.4) is 0 Å². The number of rotatable bonds is 7. The number of benzene rings is 2. The highest BCUT2D eigenvalue weighted by molar-refractivity contribution is 5.73. The molecule has 1 radical (unpaired) electrons. The molecule has 2 aromatic carbocycles. The molecule has 6 heteroatoms. The van der Waals surface area contributed by atoms with E-state index in [4.69, 9.17) is 5.26 Å². The van der Waals surface area contributed by atoms with Crippen molar-refractivity contribution in [3.05, 3.63) is 95.1 Å². The Hall–Kier alpha value is -3.56. The van der Waals surface area contributed by atoms with Crippen molar-refractivity contribution in [2.24, 2.45) is 0 Å². The van der Waals surface area contributed by atoms with Gasteiger partial charge >= 0.3 is 0 Å². The van der Waals surface area contributed by atoms with E-state index in [-0.39, 0.29) is 13.0 Å². The van der Waals surface area contributed by atoms with Crippen LogP contribution in [-0.2, 0) is 13.0 Å². The van der Waals surface area contributed by atoms with Gasteiger partial charge in [-0.2, -0.15) is 5.26 Å². The van der Waals surface area contributed by atoms with E-state index in [2.05, 4.69) is 22.4 Å². The van der Waals surface area contributed by atoms with Gasteiger partial charge in [-0.05, 0) is 60.4 Å². The van der Waals surface area contributed by atoms with Crippen molar-refractivity contribution in [2.45, 2.75) is 32.2 Å². The molecule has 5 rings (SSSR count). The van der Waals surface area contributed by atoms with Gasteiger partial charge in [-0.25, -0.2) is 8.78 Å². The third kappa shape index (κ3) is 5.00. The zero-order chi connectivity index (χ0) is 23.7. The number of nitriles is 1. The van der Waals surface area contributed by atoms with Crippen LogP contribution in [0.4, 0.5) is 20.2 Å². The molecule has 34 heavy (non-hydrogen) atoms. The summed E-state index contributed by atoms with van der Waals surface area (Å²) in [4.78, 5) is 6.29. The van der Waals surface area contributed by atoms with Gasteiger partial charge in [0.2, 0.25) is 0 Å². The topological polar surface area (TPSA) is 52.0 Å². The molecule has 0 spiro atoms. The number of nitrogens with zero attached hydrogens (tertiary/aromatic N) is 3. The summed E-state index contributed by atoms with van der Waals surface area (Å²) < 4.78 is 28.7. The number of hydrogen-bond donors (Lipinski definition) is 1. The Morgan fingerprint density at radius 3 is 2.76 bits per heavy atom. The number of aryl methyl sites for hydroxylation is 1. The molecule has 0 amide bonds. The molecule has 0 unspecified atom stereocenters. The summed E-state index contributed by atoms with van der Waals surface area (Å²) in [5, 5.41) is 12.6. The van der Waals surface area contributed by atoms with Crippen molar-refractivity contribution in [3.8, 4) is 17.3 Å². The van der Waals surface area contributed by atoms with Crippen molar-refractivity contribution >= 4 is 11.4 Å². The van der Waals surface area contributed by atoms with E-state index in [1.54, 1.807) is 24.8 Å². The molecular weight excluding hydrogens is 430 g/mol. The maximum absolute atomic E-state index is 14.4. The summed E-state index contributed by atoms with van der Waals surface area (Å²) in [5.41, 5.74) is 8.39. The molecular formula is C28H25F2N4. The highest BCUT2D eigenvalue weighted by Gasteiger charge is 2.35. The molecule has 0 saturated carbocycles. The summed E-state index contributed by atoms with van der Waals surface area (Å²) in [6.07, 6.45) is 5.65. The van der Waals surface area contributed by atoms with Crippen LogP contribution in [0.5, 0.6) is 0 Å². The average Bonchev–Trinajstić information content (AvgIpc) is 3.63. The molecule has 171 valence electrons. The standard InChI is InChI=1S/C28H25F2N4/c1-19-5-9-23(13-25(19)26-10-8-21(15-31)16-32-26)33-27-4-2-3-22-17-34(12-11-24(22)27)18-28(29,30)14-20-6-7-20/h2-10,13,16,33H,11-12,14,17-18H2,1H3. The van der Waals surface area contributed by atoms with E-state index in [0.29, 0.717) is 18.7 Å². The Balaban J connectivity index is 1.33. The molecule has 0 atom stereocenters. The van der Waals surface area contributed by atoms with Gasteiger partial charge in [0, 0.05) is 49.1 Å². The molecule has 2 aliphatic rings. The minimum atomic E-state index is -2.70. The molecule has 3 aromatic rings. The SMILES string of the molecule is Cc1ccc(Nc2cccc3c2CCN(CC(F)(F)CC2=C[CH]2)C3)cc1-c1ccc(C#N)cn1. The van der Waals surface area contributed by atoms with E-state index in [0.717, 1.165) is 45.8 Å². The lowest BCUT2D eigenvalue weighted by molar-refractivity contribution is -0.0334. The van der Waals surface area contributed by atoms with E-state index < -0.39 is 5.92 Å². The first kappa shape index (κ1) is 22.2. The van der Waals surface area contributed by atoms with Gasteiger partial charge in [-0.1, -0.05) is 29.8 Å². The predicted octanol–water partition coefficient (Wildman–Crippen LogP) is 6.20. The van der Waals surface area contributed by atoms with Gasteiger partial charge in [-0.3, -0.25) is 9.88 Å². The molecule has 1 aromatic heterocycles. The maximum Gasteiger partial charge on any atom is 0.264 e. The van der Waals surface area contributed by atoms with E-state index in [1.165, 1.54) is 5.56 Å². The number of aromatic nitrogens is 1. The van der Waals surface area contributed by atoms with Gasteiger partial charge in [0.1, 0.15) is 6.07 Å². The van der Waals surface area contributed by atoms with E-state index >= 15 is 0 Å². The highest BCUT2D eigenvalue weighted by Crippen LogP contribution is 2.35. The van der Waals surface area contributed by atoms with Gasteiger partial charge in [-0.15, -0.1) is 0 Å². The second-order valence-electron chi connectivity index (χ2n) is 9.04. The van der Waals surface area contributed by atoms with Gasteiger partial charge < -0.3 is 5.32 Å². The maximum atomic E-state index is 14.4. The number of anilines is 2. The van der Waals surface area contributed by atoms with Crippen LogP contribution in [0.25, 0.3) is 11.3 Å². The highest BCUT2D eigenvalue weighted by atomic mass is 19.3. The average molecular weight is 456 g/mol. The van der Waals surface area contributed by atoms with E-state index in [9.17, 15) is 8.78 Å². The second-order valence-corrected chi connectivity index (χ2v) is 9.04. The number of fused-ring (bicyclic) bond motifs is 1. The zero-order valence-corrected chi connectivity index (χ0v) is 19.0. The molecule has 0 saturated heterocycles. The lowest BCUT2D eigenvalue weighted by Crippen LogP contribution is -2.40. The Bertz CT molecular complexity index is 1290. The van der Waals surface area contributed by atoms with Crippen LogP contribution in [0.1, 0.15) is 28.7 Å². The number of alkyl halides is 2. The number of halogens is 2. The monoisotopic (exact) mass is 455 g/mol. The van der Waals surface area contributed by atoms with Crippen LogP contribution >= 0.6 is 0 Å². The van der Waals surface area contributed by atoms with Crippen molar-refractivity contribution in [3.63, 3.8) is 0 Å². The molecule has 2 heterocycles. The number of pyridine rings is 1. The Morgan fingerprint density at radius 1 is 1.18 bits per heavy atom. The van der Waals surface area contributed by atoms with Crippen molar-refractivity contribution in [1.29, 1.82) is 5.26 Å². The number of hydrogen-bond acceptors (Lipinski definition) is 4. The quantitative estimate of drug-likeness (QED) is 0.461. The fourth-order valence-electron chi connectivity index (χ4n) is 4.53. The normalized spacial score (nSPS) is 15.3. The van der Waals surface area contributed by atoms with Crippen molar-refractivity contribution in [2.75, 3.05) is 18.4 Å². The van der Waals surface area contributed by atoms with Crippen LogP contribution in [0, 0.1) is 24.7 Å². The number of nitrogens with one attached hydrogen (secondary N) is 1. The third-order valence-electron chi connectivity index (χ3n) is 6.35. The first-order valence-electron chi connectivity index (χ1n) is 11.4. The molecule has 1 N–H and O–H groups in total. The molecule has 1 aliphatic heterocycles. The van der Waals surface area contributed by atoms with Crippen LogP contribution < -0.4 is 5.32 Å². The molecule has 0 fully saturated rings. The summed E-state index contributed by atoms with van der Waals surface area (Å²) >= 11 is 0. The fourth-order valence-corrected chi connectivity index (χ4v) is 4.53. The van der Waals surface area contributed by atoms with Gasteiger partial charge in [0.25, 0.3) is 5.92 Å². The smallest absolute Gasteiger partial charge is 0.264 e. The van der Waals surface area contributed by atoms with Crippen LogP contribution in [-0.4, -0.2) is 28.9 Å². The predicted molar refractivity (Wildman–Crippen MR) is 130 cm³/mol. The van der Waals surface area contributed by atoms with Crippen molar-refractivity contribution in [1.82, 2.24) is 9.88 Å². The van der Waals surface area contributed by atoms with Gasteiger partial charge in [0.05, 0.1) is 17.8 Å². The second kappa shape index (κ2) is 9.00. The lowest BCUT2D eigenvalue weighted by atomic mass is 9.96. The summed E-state index contributed by atoms with van der Waals surface area (Å²) in [6.45, 7) is 2.95. The molecule has 4 nitrogen and oxygen atoms in total. The summed E-state index contributed by atoms with van der Waals surface area (Å²) in [5.74, 6) is -2.70. The number of allylic oxidation sites excluding steroid dienone is 2. The first-order chi connectivity index (χ1) is 16.4. The Morgan fingerprint density at radius 2 is 2.03 bits per heavy atom. The minimum Gasteiger partial charge on any atom is -0.355 e. The van der Waals surface area contributed by atoms with Crippen LogP contribution in [0.2, 0.25) is 0 Å². The van der Waals surface area contributed by atoms with E-state index in [1.807, 2.05) is 48.2 Å². The summed E-state index contributed by atoms with van der Waals surface area (Å²) in [7, 11) is 0. The first-order valence-corrected chi connectivity index (χ1v) is 11.4. The largest absolute Gasteiger partial charge is 0.355 e.